The second-order valence-electron chi connectivity index (χ2n) is 4.99. The number of hydrogen-bond acceptors (Lipinski definition) is 3. The van der Waals surface area contributed by atoms with Crippen LogP contribution in [0, 0.1) is 5.92 Å². The first kappa shape index (κ1) is 17.0. The Bertz CT molecular complexity index is 394. The van der Waals surface area contributed by atoms with Gasteiger partial charge in [0.05, 0.1) is 6.61 Å². The van der Waals surface area contributed by atoms with Gasteiger partial charge in [-0.25, -0.2) is 0 Å². The number of carbonyl (C=O) groups excluding carboxylic acids is 1. The molecule has 1 saturated heterocycles. The summed E-state index contributed by atoms with van der Waals surface area (Å²) in [5, 5.41) is 12.4. The molecule has 20 heavy (non-hydrogen) atoms. The molecule has 4 nitrogen and oxygen atoms in total. The van der Waals surface area contributed by atoms with Gasteiger partial charge >= 0.3 is 0 Å². The Labute approximate surface area is 126 Å². The lowest BCUT2D eigenvalue weighted by Crippen LogP contribution is -2.41. The summed E-state index contributed by atoms with van der Waals surface area (Å²) in [6.45, 7) is 2.84. The van der Waals surface area contributed by atoms with Crippen LogP contribution in [0.5, 0.6) is 0 Å². The number of aliphatic hydroxyl groups excluding tert-OH is 1. The number of nitrogens with one attached hydrogen (secondary N) is 1. The zero-order valence-electron chi connectivity index (χ0n) is 11.6. The summed E-state index contributed by atoms with van der Waals surface area (Å²) >= 11 is 0. The third kappa shape index (κ3) is 4.78. The molecule has 0 spiro atoms. The zero-order chi connectivity index (χ0) is 13.5. The highest BCUT2D eigenvalue weighted by molar-refractivity contribution is 5.85. The van der Waals surface area contributed by atoms with E-state index in [0.29, 0.717) is 13.1 Å². The van der Waals surface area contributed by atoms with Gasteiger partial charge in [0.2, 0.25) is 5.91 Å². The minimum atomic E-state index is 0. The van der Waals surface area contributed by atoms with Crippen LogP contribution in [0.4, 0.5) is 0 Å². The van der Waals surface area contributed by atoms with Crippen molar-refractivity contribution in [2.45, 2.75) is 19.4 Å². The predicted octanol–water partition coefficient (Wildman–Crippen LogP) is 1.43. The van der Waals surface area contributed by atoms with Crippen molar-refractivity contribution in [3.63, 3.8) is 0 Å². The van der Waals surface area contributed by atoms with E-state index in [1.54, 1.807) is 4.90 Å². The number of aliphatic hydroxyl groups is 1. The van der Waals surface area contributed by atoms with Crippen LogP contribution in [0.15, 0.2) is 30.3 Å². The van der Waals surface area contributed by atoms with Gasteiger partial charge in [-0.15, -0.1) is 12.4 Å². The number of nitrogens with zero attached hydrogens (tertiary/aromatic N) is 1. The topological polar surface area (TPSA) is 52.6 Å². The molecule has 1 aliphatic heterocycles. The number of rotatable bonds is 5. The molecule has 5 heteroatoms. The van der Waals surface area contributed by atoms with E-state index in [1.807, 2.05) is 30.3 Å². The van der Waals surface area contributed by atoms with Gasteiger partial charge in [0.1, 0.15) is 0 Å². The van der Waals surface area contributed by atoms with Crippen LogP contribution in [0.3, 0.4) is 0 Å². The summed E-state index contributed by atoms with van der Waals surface area (Å²) in [5.41, 5.74) is 1.11. The van der Waals surface area contributed by atoms with Crippen molar-refractivity contribution in [3.8, 4) is 0 Å². The number of benzene rings is 1. The summed E-state index contributed by atoms with van der Waals surface area (Å²) < 4.78 is 0. The normalized spacial score (nSPS) is 15.4. The minimum Gasteiger partial charge on any atom is -0.395 e. The monoisotopic (exact) mass is 298 g/mol. The molecule has 1 aliphatic rings. The predicted molar refractivity (Wildman–Crippen MR) is 81.8 cm³/mol. The van der Waals surface area contributed by atoms with E-state index < -0.39 is 0 Å². The molecule has 1 heterocycles. The van der Waals surface area contributed by atoms with Gasteiger partial charge in [-0.1, -0.05) is 30.3 Å². The fraction of sp³-hybridized carbons (Fsp3) is 0.533. The number of hydrogen-bond donors (Lipinski definition) is 2. The molecule has 0 aromatic heterocycles. The zero-order valence-corrected chi connectivity index (χ0v) is 12.4. The lowest BCUT2D eigenvalue weighted by molar-refractivity contribution is -0.137. The van der Waals surface area contributed by atoms with E-state index in [1.165, 1.54) is 0 Å². The smallest absolute Gasteiger partial charge is 0.226 e. The van der Waals surface area contributed by atoms with Gasteiger partial charge < -0.3 is 15.3 Å². The lowest BCUT2D eigenvalue weighted by Gasteiger charge is -2.29. The molecule has 2 N–H and O–H groups in total. The Morgan fingerprint density at radius 2 is 1.90 bits per heavy atom. The van der Waals surface area contributed by atoms with Gasteiger partial charge in [0, 0.05) is 19.0 Å². The van der Waals surface area contributed by atoms with E-state index >= 15 is 0 Å². The van der Waals surface area contributed by atoms with Gasteiger partial charge in [-0.2, -0.15) is 0 Å². The third-order valence-corrected chi connectivity index (χ3v) is 3.59. The van der Waals surface area contributed by atoms with Crippen LogP contribution in [0.2, 0.25) is 0 Å². The molecule has 0 radical (unpaired) electrons. The number of carbonyl (C=O) groups is 1. The van der Waals surface area contributed by atoms with Gasteiger partial charge in [-0.3, -0.25) is 4.79 Å². The molecular weight excluding hydrogens is 276 g/mol. The first-order chi connectivity index (χ1) is 9.31. The molecule has 2 rings (SSSR count). The number of halogens is 1. The molecule has 1 fully saturated rings. The molecule has 0 aliphatic carbocycles. The average Bonchev–Trinajstić information content (AvgIpc) is 2.48. The van der Waals surface area contributed by atoms with Crippen LogP contribution in [0.25, 0.3) is 0 Å². The van der Waals surface area contributed by atoms with E-state index in [-0.39, 0.29) is 30.8 Å². The van der Waals surface area contributed by atoms with E-state index in [0.717, 1.165) is 31.5 Å². The molecule has 0 bridgehead atoms. The van der Waals surface area contributed by atoms with Crippen molar-refractivity contribution in [1.29, 1.82) is 0 Å². The third-order valence-electron chi connectivity index (χ3n) is 3.59. The average molecular weight is 299 g/mol. The van der Waals surface area contributed by atoms with Crippen LogP contribution in [0.1, 0.15) is 18.4 Å². The highest BCUT2D eigenvalue weighted by Gasteiger charge is 2.25. The van der Waals surface area contributed by atoms with E-state index in [9.17, 15) is 4.79 Å². The Morgan fingerprint density at radius 1 is 1.25 bits per heavy atom. The first-order valence-corrected chi connectivity index (χ1v) is 6.95. The Balaban J connectivity index is 0.00000200. The van der Waals surface area contributed by atoms with Gasteiger partial charge in [0.25, 0.3) is 0 Å². The molecule has 0 saturated carbocycles. The molecular formula is C15H23ClN2O2. The van der Waals surface area contributed by atoms with Gasteiger partial charge in [0.15, 0.2) is 0 Å². The fourth-order valence-electron chi connectivity index (χ4n) is 2.52. The first-order valence-electron chi connectivity index (χ1n) is 6.95. The minimum absolute atomic E-state index is 0. The van der Waals surface area contributed by atoms with Crippen LogP contribution in [-0.4, -0.2) is 42.2 Å². The maximum absolute atomic E-state index is 12.5. The maximum atomic E-state index is 12.5. The van der Waals surface area contributed by atoms with E-state index in [2.05, 4.69) is 5.32 Å². The molecule has 1 aromatic carbocycles. The Hall–Kier alpha value is -1.10. The summed E-state index contributed by atoms with van der Waals surface area (Å²) in [7, 11) is 0. The summed E-state index contributed by atoms with van der Waals surface area (Å²) in [4.78, 5) is 14.3. The molecule has 1 amide bonds. The summed E-state index contributed by atoms with van der Waals surface area (Å²) in [6, 6.07) is 9.94. The SMILES string of the molecule is Cl.O=C(C1CCNCC1)N(CCO)Cc1ccccc1. The molecule has 1 aromatic rings. The lowest BCUT2D eigenvalue weighted by atomic mass is 9.96. The summed E-state index contributed by atoms with van der Waals surface area (Å²) in [6.07, 6.45) is 1.80. The largest absolute Gasteiger partial charge is 0.395 e. The Kier molecular flexibility index (Phi) is 7.59. The highest BCUT2D eigenvalue weighted by atomic mass is 35.5. The summed E-state index contributed by atoms with van der Waals surface area (Å²) in [5.74, 6) is 0.288. The van der Waals surface area contributed by atoms with Crippen LogP contribution < -0.4 is 5.32 Å². The van der Waals surface area contributed by atoms with Crippen molar-refractivity contribution in [1.82, 2.24) is 10.2 Å². The van der Waals surface area contributed by atoms with E-state index in [4.69, 9.17) is 5.11 Å². The van der Waals surface area contributed by atoms with Crippen molar-refractivity contribution in [3.05, 3.63) is 35.9 Å². The van der Waals surface area contributed by atoms with Crippen molar-refractivity contribution >= 4 is 18.3 Å². The molecule has 0 unspecified atom stereocenters. The number of amides is 1. The van der Waals surface area contributed by atoms with Crippen LogP contribution in [-0.2, 0) is 11.3 Å². The van der Waals surface area contributed by atoms with Crippen molar-refractivity contribution in [2.24, 2.45) is 5.92 Å². The number of piperidine rings is 1. The Morgan fingerprint density at radius 3 is 2.50 bits per heavy atom. The second-order valence-corrected chi connectivity index (χ2v) is 4.99. The van der Waals surface area contributed by atoms with Gasteiger partial charge in [-0.05, 0) is 31.5 Å². The van der Waals surface area contributed by atoms with Crippen LogP contribution >= 0.6 is 12.4 Å². The highest BCUT2D eigenvalue weighted by Crippen LogP contribution is 2.16. The van der Waals surface area contributed by atoms with Crippen molar-refractivity contribution < 1.29 is 9.90 Å². The second kappa shape index (κ2) is 8.95. The fourth-order valence-corrected chi connectivity index (χ4v) is 2.52. The quantitative estimate of drug-likeness (QED) is 0.865. The maximum Gasteiger partial charge on any atom is 0.226 e. The van der Waals surface area contributed by atoms with Crippen molar-refractivity contribution in [2.75, 3.05) is 26.2 Å². The molecule has 112 valence electrons. The molecule has 0 atom stereocenters. The standard InChI is InChI=1S/C15H22N2O2.ClH/c18-11-10-17(12-13-4-2-1-3-5-13)15(19)14-6-8-16-9-7-14;/h1-5,14,16,18H,6-12H2;1H.